The fraction of sp³-hybridized carbons (Fsp3) is 0.429. The largest absolute Gasteiger partial charge is 0.326 e. The fourth-order valence-electron chi connectivity index (χ4n) is 2.27. The normalized spacial score (nSPS) is 16.7. The topological polar surface area (TPSA) is 41.6 Å². The Labute approximate surface area is 111 Å². The van der Waals surface area contributed by atoms with Gasteiger partial charge in [-0.3, -0.25) is 0 Å². The summed E-state index contributed by atoms with van der Waals surface area (Å²) >= 11 is 6.21. The smallest absolute Gasteiger partial charge is 0.127 e. The van der Waals surface area contributed by atoms with Crippen LogP contribution < -0.4 is 0 Å². The molecule has 3 rings (SSSR count). The molecule has 92 valence electrons. The standard InChI is InChI=1S/C14H14ClN3/c1-9(15)14-17-12-5-4-11(7-16)6-13(12)18(14)8-10-2-3-10/h4-6,9-10H,2-3,8H2,1H3. The van der Waals surface area contributed by atoms with E-state index in [-0.39, 0.29) is 5.38 Å². The lowest BCUT2D eigenvalue weighted by atomic mass is 10.2. The van der Waals surface area contributed by atoms with E-state index in [0.717, 1.165) is 29.3 Å². The molecule has 0 radical (unpaired) electrons. The first-order chi connectivity index (χ1) is 8.69. The number of imidazole rings is 1. The first kappa shape index (κ1) is 11.6. The van der Waals surface area contributed by atoms with Crippen molar-refractivity contribution in [3.63, 3.8) is 0 Å². The molecular formula is C14H14ClN3. The second kappa shape index (κ2) is 4.29. The highest BCUT2D eigenvalue weighted by atomic mass is 35.5. The predicted molar refractivity (Wildman–Crippen MR) is 71.4 cm³/mol. The number of aromatic nitrogens is 2. The van der Waals surface area contributed by atoms with Crippen LogP contribution in [0.25, 0.3) is 11.0 Å². The summed E-state index contributed by atoms with van der Waals surface area (Å²) in [5, 5.41) is 8.88. The number of halogens is 1. The molecule has 1 aliphatic rings. The summed E-state index contributed by atoms with van der Waals surface area (Å²) in [7, 11) is 0. The molecule has 1 saturated carbocycles. The zero-order valence-electron chi connectivity index (χ0n) is 10.2. The van der Waals surface area contributed by atoms with Crippen molar-refractivity contribution in [1.29, 1.82) is 5.26 Å². The van der Waals surface area contributed by atoms with Crippen molar-refractivity contribution < 1.29 is 0 Å². The summed E-state index contributed by atoms with van der Waals surface area (Å²) in [6, 6.07) is 7.80. The van der Waals surface area contributed by atoms with Crippen LogP contribution in [0.15, 0.2) is 18.2 Å². The van der Waals surface area contributed by atoms with Gasteiger partial charge in [0.25, 0.3) is 0 Å². The van der Waals surface area contributed by atoms with Crippen LogP contribution in [0.4, 0.5) is 0 Å². The SMILES string of the molecule is CC(Cl)c1nc2ccc(C#N)cc2n1CC1CC1. The maximum absolute atomic E-state index is 8.99. The van der Waals surface area contributed by atoms with Gasteiger partial charge >= 0.3 is 0 Å². The number of alkyl halides is 1. The molecule has 1 atom stereocenters. The van der Waals surface area contributed by atoms with Crippen LogP contribution in [-0.4, -0.2) is 9.55 Å². The van der Waals surface area contributed by atoms with Crippen molar-refractivity contribution in [3.8, 4) is 6.07 Å². The van der Waals surface area contributed by atoms with Crippen molar-refractivity contribution in [3.05, 3.63) is 29.6 Å². The summed E-state index contributed by atoms with van der Waals surface area (Å²) in [6.45, 7) is 2.91. The molecule has 0 bridgehead atoms. The molecule has 1 aromatic heterocycles. The molecule has 3 nitrogen and oxygen atoms in total. The molecule has 0 N–H and O–H groups in total. The molecule has 0 saturated heterocycles. The quantitative estimate of drug-likeness (QED) is 0.790. The van der Waals surface area contributed by atoms with E-state index in [9.17, 15) is 0 Å². The molecule has 1 fully saturated rings. The molecule has 0 aliphatic heterocycles. The van der Waals surface area contributed by atoms with Crippen molar-refractivity contribution in [2.24, 2.45) is 5.92 Å². The highest BCUT2D eigenvalue weighted by Gasteiger charge is 2.25. The minimum absolute atomic E-state index is 0.110. The Balaban J connectivity index is 2.18. The molecule has 1 aromatic carbocycles. The van der Waals surface area contributed by atoms with Gasteiger partial charge < -0.3 is 4.57 Å². The monoisotopic (exact) mass is 259 g/mol. The van der Waals surface area contributed by atoms with Gasteiger partial charge in [-0.2, -0.15) is 5.26 Å². The summed E-state index contributed by atoms with van der Waals surface area (Å²) in [4.78, 5) is 4.59. The number of rotatable bonds is 3. The number of hydrogen-bond acceptors (Lipinski definition) is 2. The van der Waals surface area contributed by atoms with Crippen LogP contribution >= 0.6 is 11.6 Å². The third kappa shape index (κ3) is 1.97. The van der Waals surface area contributed by atoms with E-state index in [0.29, 0.717) is 5.56 Å². The Kier molecular flexibility index (Phi) is 2.76. The second-order valence-electron chi connectivity index (χ2n) is 4.96. The van der Waals surface area contributed by atoms with Gasteiger partial charge in [0.1, 0.15) is 5.82 Å². The van der Waals surface area contributed by atoms with Crippen LogP contribution in [0.1, 0.15) is 36.5 Å². The maximum atomic E-state index is 8.99. The van der Waals surface area contributed by atoms with E-state index in [2.05, 4.69) is 15.6 Å². The molecule has 1 unspecified atom stereocenters. The molecule has 0 spiro atoms. The molecule has 1 heterocycles. The van der Waals surface area contributed by atoms with Gasteiger partial charge in [0.15, 0.2) is 0 Å². The van der Waals surface area contributed by atoms with Crippen LogP contribution in [-0.2, 0) is 6.54 Å². The van der Waals surface area contributed by atoms with E-state index in [1.54, 1.807) is 6.07 Å². The van der Waals surface area contributed by atoms with E-state index < -0.39 is 0 Å². The minimum atomic E-state index is -0.110. The Morgan fingerprint density at radius 3 is 2.94 bits per heavy atom. The predicted octanol–water partition coefficient (Wildman–Crippen LogP) is 3.62. The third-order valence-corrected chi connectivity index (χ3v) is 3.60. The van der Waals surface area contributed by atoms with Gasteiger partial charge in [-0.05, 0) is 43.9 Å². The second-order valence-corrected chi connectivity index (χ2v) is 5.61. The Bertz CT molecular complexity index is 632. The summed E-state index contributed by atoms with van der Waals surface area (Å²) in [5.41, 5.74) is 2.63. The lowest BCUT2D eigenvalue weighted by Gasteiger charge is -2.09. The number of nitriles is 1. The molecule has 2 aromatic rings. The van der Waals surface area contributed by atoms with Gasteiger partial charge in [0.2, 0.25) is 0 Å². The zero-order valence-corrected chi connectivity index (χ0v) is 11.0. The van der Waals surface area contributed by atoms with Crippen LogP contribution in [0.5, 0.6) is 0 Å². The average Bonchev–Trinajstić information content (AvgIpc) is 3.10. The third-order valence-electron chi connectivity index (χ3n) is 3.40. The van der Waals surface area contributed by atoms with Crippen molar-refractivity contribution >= 4 is 22.6 Å². The van der Waals surface area contributed by atoms with E-state index in [4.69, 9.17) is 16.9 Å². The maximum Gasteiger partial charge on any atom is 0.127 e. The summed E-state index contributed by atoms with van der Waals surface area (Å²) in [6.07, 6.45) is 2.57. The van der Waals surface area contributed by atoms with Crippen molar-refractivity contribution in [2.45, 2.75) is 31.7 Å². The van der Waals surface area contributed by atoms with Gasteiger partial charge in [-0.1, -0.05) is 0 Å². The zero-order chi connectivity index (χ0) is 12.7. The lowest BCUT2D eigenvalue weighted by Crippen LogP contribution is -2.05. The fourth-order valence-corrected chi connectivity index (χ4v) is 2.43. The van der Waals surface area contributed by atoms with Crippen LogP contribution in [0, 0.1) is 17.2 Å². The first-order valence-electron chi connectivity index (χ1n) is 6.23. The minimum Gasteiger partial charge on any atom is -0.326 e. The Morgan fingerprint density at radius 1 is 1.56 bits per heavy atom. The first-order valence-corrected chi connectivity index (χ1v) is 6.67. The van der Waals surface area contributed by atoms with Gasteiger partial charge in [0.05, 0.1) is 28.0 Å². The number of nitrogens with zero attached hydrogens (tertiary/aromatic N) is 3. The van der Waals surface area contributed by atoms with E-state index in [1.807, 2.05) is 19.1 Å². The summed E-state index contributed by atoms with van der Waals surface area (Å²) < 4.78 is 2.19. The van der Waals surface area contributed by atoms with E-state index in [1.165, 1.54) is 12.8 Å². The number of fused-ring (bicyclic) bond motifs is 1. The average molecular weight is 260 g/mol. The van der Waals surface area contributed by atoms with Gasteiger partial charge in [0, 0.05) is 6.54 Å². The Hall–Kier alpha value is -1.53. The van der Waals surface area contributed by atoms with Crippen LogP contribution in [0.3, 0.4) is 0 Å². The van der Waals surface area contributed by atoms with Crippen LogP contribution in [0.2, 0.25) is 0 Å². The molecule has 4 heteroatoms. The van der Waals surface area contributed by atoms with Crippen molar-refractivity contribution in [2.75, 3.05) is 0 Å². The Morgan fingerprint density at radius 2 is 2.33 bits per heavy atom. The highest BCUT2D eigenvalue weighted by Crippen LogP contribution is 2.34. The van der Waals surface area contributed by atoms with Gasteiger partial charge in [-0.25, -0.2) is 4.98 Å². The molecule has 1 aliphatic carbocycles. The number of benzene rings is 1. The lowest BCUT2D eigenvalue weighted by molar-refractivity contribution is 0.610. The number of hydrogen-bond donors (Lipinski definition) is 0. The van der Waals surface area contributed by atoms with E-state index >= 15 is 0 Å². The molecule has 0 amide bonds. The highest BCUT2D eigenvalue weighted by molar-refractivity contribution is 6.20. The molecule has 18 heavy (non-hydrogen) atoms. The summed E-state index contributed by atoms with van der Waals surface area (Å²) in [5.74, 6) is 1.66. The molecular weight excluding hydrogens is 246 g/mol. The van der Waals surface area contributed by atoms with Crippen molar-refractivity contribution in [1.82, 2.24) is 9.55 Å². The van der Waals surface area contributed by atoms with Gasteiger partial charge in [-0.15, -0.1) is 11.6 Å².